The van der Waals surface area contributed by atoms with Crippen molar-refractivity contribution in [1.29, 1.82) is 0 Å². The Morgan fingerprint density at radius 2 is 1.81 bits per heavy atom. The molecule has 3 heterocycles. The second-order valence-corrected chi connectivity index (χ2v) is 9.32. The van der Waals surface area contributed by atoms with Gasteiger partial charge in [-0.2, -0.15) is 15.0 Å². The summed E-state index contributed by atoms with van der Waals surface area (Å²) in [5.74, 6) is 0.926. The van der Waals surface area contributed by atoms with E-state index in [4.69, 9.17) is 11.6 Å². The van der Waals surface area contributed by atoms with Crippen LogP contribution < -0.4 is 15.1 Å². The average Bonchev–Trinajstić information content (AvgIpc) is 2.73. The van der Waals surface area contributed by atoms with Crippen LogP contribution >= 0.6 is 11.6 Å². The molecule has 168 valence electrons. The number of hydrogen-bond acceptors (Lipinski definition) is 7. The minimum atomic E-state index is -0.319. The van der Waals surface area contributed by atoms with Crippen molar-refractivity contribution in [1.82, 2.24) is 19.9 Å². The molecule has 1 aliphatic rings. The Kier molecular flexibility index (Phi) is 6.15. The molecule has 32 heavy (non-hydrogen) atoms. The highest BCUT2D eigenvalue weighted by Gasteiger charge is 2.28. The molecule has 0 radical (unpaired) electrons. The number of aromatic nitrogens is 4. The van der Waals surface area contributed by atoms with Gasteiger partial charge in [0.2, 0.25) is 17.2 Å². The molecular formula is C23H27ClFN7. The van der Waals surface area contributed by atoms with Crippen LogP contribution in [0.5, 0.6) is 0 Å². The molecule has 0 bridgehead atoms. The second kappa shape index (κ2) is 8.86. The van der Waals surface area contributed by atoms with Gasteiger partial charge in [0, 0.05) is 37.6 Å². The Bertz CT molecular complexity index is 1080. The molecule has 4 rings (SSSR count). The molecule has 3 aromatic rings. The molecule has 1 aliphatic heterocycles. The smallest absolute Gasteiger partial charge is 0.233 e. The van der Waals surface area contributed by atoms with Crippen LogP contribution in [0.1, 0.15) is 33.3 Å². The quantitative estimate of drug-likeness (QED) is 0.605. The van der Waals surface area contributed by atoms with E-state index in [2.05, 4.69) is 63.1 Å². The third kappa shape index (κ3) is 4.91. The molecule has 0 amide bonds. The van der Waals surface area contributed by atoms with Gasteiger partial charge >= 0.3 is 0 Å². The Balaban J connectivity index is 1.50. The lowest BCUT2D eigenvalue weighted by Crippen LogP contribution is -2.53. The van der Waals surface area contributed by atoms with Gasteiger partial charge in [0.1, 0.15) is 0 Å². The zero-order chi connectivity index (χ0) is 22.9. The maximum atomic E-state index is 14.1. The summed E-state index contributed by atoms with van der Waals surface area (Å²) in [4.78, 5) is 21.3. The number of hydrogen-bond donors (Lipinski definition) is 1. The molecule has 0 spiro atoms. The van der Waals surface area contributed by atoms with E-state index in [-0.39, 0.29) is 22.6 Å². The highest BCUT2D eigenvalue weighted by atomic mass is 35.5. The zero-order valence-corrected chi connectivity index (χ0v) is 19.4. The van der Waals surface area contributed by atoms with Gasteiger partial charge in [0.15, 0.2) is 11.6 Å². The first-order valence-electron chi connectivity index (χ1n) is 10.6. The van der Waals surface area contributed by atoms with Crippen molar-refractivity contribution in [2.75, 3.05) is 34.8 Å². The molecule has 1 unspecified atom stereocenters. The van der Waals surface area contributed by atoms with E-state index >= 15 is 0 Å². The fourth-order valence-electron chi connectivity index (χ4n) is 3.76. The normalized spacial score (nSPS) is 16.9. The predicted molar refractivity (Wildman–Crippen MR) is 126 cm³/mol. The Hall–Kier alpha value is -3.00. The van der Waals surface area contributed by atoms with Crippen molar-refractivity contribution in [3.63, 3.8) is 0 Å². The molecule has 9 heteroatoms. The molecule has 1 aromatic carbocycles. The van der Waals surface area contributed by atoms with Crippen molar-refractivity contribution >= 4 is 35.0 Å². The fraction of sp³-hybridized carbons (Fsp3) is 0.391. The average molecular weight is 456 g/mol. The largest absolute Gasteiger partial charge is 0.350 e. The van der Waals surface area contributed by atoms with Crippen molar-refractivity contribution in [3.8, 4) is 0 Å². The molecule has 1 N–H and O–H groups in total. The van der Waals surface area contributed by atoms with Crippen molar-refractivity contribution in [2.45, 2.75) is 39.2 Å². The van der Waals surface area contributed by atoms with Gasteiger partial charge < -0.3 is 15.1 Å². The maximum absolute atomic E-state index is 14.1. The fourth-order valence-corrected chi connectivity index (χ4v) is 3.92. The summed E-state index contributed by atoms with van der Waals surface area (Å²) in [6, 6.07) is 11.2. The van der Waals surface area contributed by atoms with Gasteiger partial charge in [-0.3, -0.25) is 0 Å². The number of anilines is 4. The molecule has 0 aliphatic carbocycles. The van der Waals surface area contributed by atoms with Crippen LogP contribution in [0.2, 0.25) is 5.28 Å². The number of piperazine rings is 1. The van der Waals surface area contributed by atoms with E-state index in [1.54, 1.807) is 12.3 Å². The van der Waals surface area contributed by atoms with E-state index in [0.717, 1.165) is 5.69 Å². The highest BCUT2D eigenvalue weighted by Crippen LogP contribution is 2.26. The summed E-state index contributed by atoms with van der Waals surface area (Å²) in [7, 11) is 0. The summed E-state index contributed by atoms with van der Waals surface area (Å²) in [5, 5.41) is 3.34. The van der Waals surface area contributed by atoms with Gasteiger partial charge in [0.25, 0.3) is 0 Å². The van der Waals surface area contributed by atoms with Crippen LogP contribution in [-0.2, 0) is 5.41 Å². The number of nitrogens with one attached hydrogen (secondary N) is 1. The maximum Gasteiger partial charge on any atom is 0.233 e. The summed E-state index contributed by atoms with van der Waals surface area (Å²) >= 11 is 6.21. The van der Waals surface area contributed by atoms with Crippen LogP contribution in [0.3, 0.4) is 0 Å². The third-order valence-electron chi connectivity index (χ3n) is 5.53. The van der Waals surface area contributed by atoms with Crippen molar-refractivity contribution in [2.24, 2.45) is 0 Å². The molecular weight excluding hydrogens is 429 g/mol. The lowest BCUT2D eigenvalue weighted by atomic mass is 9.87. The molecule has 7 nitrogen and oxygen atoms in total. The zero-order valence-electron chi connectivity index (χ0n) is 18.7. The predicted octanol–water partition coefficient (Wildman–Crippen LogP) is 4.82. The van der Waals surface area contributed by atoms with Crippen LogP contribution in [-0.4, -0.2) is 45.6 Å². The lowest BCUT2D eigenvalue weighted by molar-refractivity contribution is 0.523. The molecule has 1 saturated heterocycles. The van der Waals surface area contributed by atoms with Crippen molar-refractivity contribution < 1.29 is 4.39 Å². The van der Waals surface area contributed by atoms with Gasteiger partial charge in [0.05, 0.1) is 0 Å². The SMILES string of the molecule is CC1CN(c2ncccc2F)CCN1c1nc(Cl)nc(Nc2ccc(C(C)(C)C)cc2)n1. The molecule has 1 atom stereocenters. The van der Waals surface area contributed by atoms with E-state index in [9.17, 15) is 4.39 Å². The molecule has 0 saturated carbocycles. The van der Waals surface area contributed by atoms with Gasteiger partial charge in [-0.25, -0.2) is 9.37 Å². The third-order valence-corrected chi connectivity index (χ3v) is 5.70. The number of benzene rings is 1. The Morgan fingerprint density at radius 1 is 1.06 bits per heavy atom. The lowest BCUT2D eigenvalue weighted by Gasteiger charge is -2.40. The second-order valence-electron chi connectivity index (χ2n) is 8.98. The van der Waals surface area contributed by atoms with E-state index in [1.807, 2.05) is 24.0 Å². The van der Waals surface area contributed by atoms with Crippen LogP contribution in [0.15, 0.2) is 42.6 Å². The number of nitrogens with zero attached hydrogens (tertiary/aromatic N) is 6. The van der Waals surface area contributed by atoms with E-state index < -0.39 is 0 Å². The summed E-state index contributed by atoms with van der Waals surface area (Å²) < 4.78 is 14.1. The van der Waals surface area contributed by atoms with E-state index in [0.29, 0.717) is 37.3 Å². The van der Waals surface area contributed by atoms with Gasteiger partial charge in [-0.1, -0.05) is 32.9 Å². The van der Waals surface area contributed by atoms with Crippen LogP contribution in [0, 0.1) is 5.82 Å². The Morgan fingerprint density at radius 3 is 2.47 bits per heavy atom. The standard InChI is InChI=1S/C23H27ClFN7/c1-15-14-31(19-18(25)6-5-11-26-19)12-13-32(15)22-29-20(24)28-21(30-22)27-17-9-7-16(8-10-17)23(2,3)4/h5-11,15H,12-14H2,1-4H3,(H,27,28,29,30). The topological polar surface area (TPSA) is 70.1 Å². The highest BCUT2D eigenvalue weighted by molar-refractivity contribution is 6.28. The minimum Gasteiger partial charge on any atom is -0.350 e. The van der Waals surface area contributed by atoms with E-state index in [1.165, 1.54) is 11.6 Å². The number of halogens is 2. The first kappa shape index (κ1) is 22.2. The first-order chi connectivity index (χ1) is 15.2. The van der Waals surface area contributed by atoms with Crippen LogP contribution in [0.25, 0.3) is 0 Å². The van der Waals surface area contributed by atoms with Gasteiger partial charge in [-0.05, 0) is 53.8 Å². The summed E-state index contributed by atoms with van der Waals surface area (Å²) in [5.41, 5.74) is 2.20. The Labute approximate surface area is 192 Å². The monoisotopic (exact) mass is 455 g/mol. The number of rotatable bonds is 4. The number of pyridine rings is 1. The van der Waals surface area contributed by atoms with Gasteiger partial charge in [-0.15, -0.1) is 0 Å². The summed E-state index contributed by atoms with van der Waals surface area (Å²) in [6.45, 7) is 10.4. The minimum absolute atomic E-state index is 0.0301. The first-order valence-corrected chi connectivity index (χ1v) is 11.0. The summed E-state index contributed by atoms with van der Waals surface area (Å²) in [6.07, 6.45) is 1.60. The van der Waals surface area contributed by atoms with Crippen molar-refractivity contribution in [3.05, 3.63) is 59.3 Å². The molecule has 2 aromatic heterocycles. The molecule has 1 fully saturated rings. The van der Waals surface area contributed by atoms with Crippen LogP contribution in [0.4, 0.5) is 27.8 Å².